The highest BCUT2D eigenvalue weighted by Gasteiger charge is 2.15. The lowest BCUT2D eigenvalue weighted by molar-refractivity contribution is -0.128. The summed E-state index contributed by atoms with van der Waals surface area (Å²) in [5, 5.41) is 0. The van der Waals surface area contributed by atoms with E-state index in [2.05, 4.69) is 47.6 Å². The van der Waals surface area contributed by atoms with Gasteiger partial charge in [-0.2, -0.15) is 0 Å². The van der Waals surface area contributed by atoms with E-state index in [0.29, 0.717) is 5.75 Å². The van der Waals surface area contributed by atoms with Crippen molar-refractivity contribution in [1.82, 2.24) is 10.9 Å². The molecule has 0 aromatic heterocycles. The third-order valence-electron chi connectivity index (χ3n) is 3.99. The third kappa shape index (κ3) is 6.85. The Morgan fingerprint density at radius 1 is 1.07 bits per heavy atom. The van der Waals surface area contributed by atoms with Gasteiger partial charge in [-0.3, -0.25) is 20.4 Å². The molecule has 0 spiro atoms. The Balaban J connectivity index is 1.79. The van der Waals surface area contributed by atoms with Crippen molar-refractivity contribution in [3.05, 3.63) is 69.7 Å². The van der Waals surface area contributed by atoms with Crippen LogP contribution in [0.4, 0.5) is 0 Å². The molecule has 0 radical (unpaired) electrons. The van der Waals surface area contributed by atoms with E-state index in [1.54, 1.807) is 6.08 Å². The van der Waals surface area contributed by atoms with Crippen LogP contribution >= 0.6 is 15.9 Å². The Kier molecular flexibility index (Phi) is 7.40. The second kappa shape index (κ2) is 9.55. The summed E-state index contributed by atoms with van der Waals surface area (Å²) < 4.78 is 6.29. The van der Waals surface area contributed by atoms with Gasteiger partial charge < -0.3 is 4.74 Å². The SMILES string of the molecule is Cc1ccc(/C=C/C(=O)NNC(=O)COc2ccc(C(C)(C)C)cc2Br)cc1. The number of ether oxygens (including phenoxy) is 1. The predicted molar refractivity (Wildman–Crippen MR) is 115 cm³/mol. The number of amides is 2. The number of halogens is 1. The molecule has 0 saturated carbocycles. The summed E-state index contributed by atoms with van der Waals surface area (Å²) in [6.45, 7) is 8.15. The number of hydrogen-bond donors (Lipinski definition) is 2. The molecular weight excluding hydrogens is 420 g/mol. The van der Waals surface area contributed by atoms with Crippen LogP contribution in [0.25, 0.3) is 6.08 Å². The molecule has 0 bridgehead atoms. The smallest absolute Gasteiger partial charge is 0.276 e. The standard InChI is InChI=1S/C22H25BrN2O3/c1-15-5-7-16(8-6-15)9-12-20(26)24-25-21(27)14-28-19-11-10-17(13-18(19)23)22(2,3)4/h5-13H,14H2,1-4H3,(H,24,26)(H,25,27)/b12-9+. The van der Waals surface area contributed by atoms with Crippen LogP contribution in [0.15, 0.2) is 53.0 Å². The molecule has 2 rings (SSSR count). The number of benzene rings is 2. The summed E-state index contributed by atoms with van der Waals surface area (Å²) >= 11 is 3.46. The fourth-order valence-corrected chi connectivity index (χ4v) is 2.78. The third-order valence-corrected chi connectivity index (χ3v) is 4.61. The van der Waals surface area contributed by atoms with E-state index in [4.69, 9.17) is 4.74 Å². The van der Waals surface area contributed by atoms with Crippen molar-refractivity contribution in [1.29, 1.82) is 0 Å². The quantitative estimate of drug-likeness (QED) is 0.533. The first-order valence-corrected chi connectivity index (χ1v) is 9.71. The lowest BCUT2D eigenvalue weighted by Crippen LogP contribution is -2.43. The Hall–Kier alpha value is -2.60. The summed E-state index contributed by atoms with van der Waals surface area (Å²) in [4.78, 5) is 23.7. The van der Waals surface area contributed by atoms with Crippen LogP contribution in [0.3, 0.4) is 0 Å². The zero-order valence-corrected chi connectivity index (χ0v) is 18.1. The minimum atomic E-state index is -0.455. The maximum atomic E-state index is 11.9. The van der Waals surface area contributed by atoms with Gasteiger partial charge in [0, 0.05) is 6.08 Å². The van der Waals surface area contributed by atoms with Crippen LogP contribution in [-0.2, 0) is 15.0 Å². The first kappa shape index (κ1) is 21.7. The van der Waals surface area contributed by atoms with Gasteiger partial charge in [0.2, 0.25) is 0 Å². The van der Waals surface area contributed by atoms with Gasteiger partial charge in [0.05, 0.1) is 4.47 Å². The molecule has 2 N–H and O–H groups in total. The molecule has 0 saturated heterocycles. The predicted octanol–water partition coefficient (Wildman–Crippen LogP) is 4.29. The van der Waals surface area contributed by atoms with Crippen molar-refractivity contribution in [2.45, 2.75) is 33.1 Å². The lowest BCUT2D eigenvalue weighted by atomic mass is 9.87. The van der Waals surface area contributed by atoms with Crippen LogP contribution in [0.5, 0.6) is 5.75 Å². The maximum absolute atomic E-state index is 11.9. The molecule has 28 heavy (non-hydrogen) atoms. The van der Waals surface area contributed by atoms with Crippen molar-refractivity contribution >= 4 is 33.8 Å². The average Bonchev–Trinajstić information content (AvgIpc) is 2.64. The number of carbonyl (C=O) groups is 2. The summed E-state index contributed by atoms with van der Waals surface area (Å²) in [6.07, 6.45) is 3.03. The van der Waals surface area contributed by atoms with Gasteiger partial charge in [-0.15, -0.1) is 0 Å². The maximum Gasteiger partial charge on any atom is 0.276 e. The molecule has 6 heteroatoms. The number of rotatable bonds is 5. The second-order valence-corrected chi connectivity index (χ2v) is 8.32. The molecule has 2 amide bonds. The lowest BCUT2D eigenvalue weighted by Gasteiger charge is -2.20. The zero-order valence-electron chi connectivity index (χ0n) is 16.5. The monoisotopic (exact) mass is 444 g/mol. The fraction of sp³-hybridized carbons (Fsp3) is 0.273. The van der Waals surface area contributed by atoms with E-state index in [1.807, 2.05) is 49.4 Å². The molecule has 2 aromatic rings. The van der Waals surface area contributed by atoms with Gasteiger partial charge >= 0.3 is 0 Å². The van der Waals surface area contributed by atoms with Gasteiger partial charge in [0.1, 0.15) is 5.75 Å². The highest BCUT2D eigenvalue weighted by Crippen LogP contribution is 2.31. The van der Waals surface area contributed by atoms with E-state index in [0.717, 1.165) is 21.2 Å². The molecule has 2 aromatic carbocycles. The number of aryl methyl sites for hydroxylation is 1. The molecule has 0 aliphatic rings. The molecule has 0 aliphatic heterocycles. The van der Waals surface area contributed by atoms with Gasteiger partial charge in [-0.1, -0.05) is 56.7 Å². The molecule has 0 atom stereocenters. The molecule has 5 nitrogen and oxygen atoms in total. The second-order valence-electron chi connectivity index (χ2n) is 7.47. The molecule has 0 heterocycles. The van der Waals surface area contributed by atoms with E-state index in [9.17, 15) is 9.59 Å². The zero-order chi connectivity index (χ0) is 20.7. The van der Waals surface area contributed by atoms with E-state index < -0.39 is 11.8 Å². The number of carbonyl (C=O) groups excluding carboxylic acids is 2. The van der Waals surface area contributed by atoms with Crippen molar-refractivity contribution < 1.29 is 14.3 Å². The van der Waals surface area contributed by atoms with Crippen molar-refractivity contribution in [2.75, 3.05) is 6.61 Å². The van der Waals surface area contributed by atoms with Gasteiger partial charge in [0.25, 0.3) is 11.8 Å². The Morgan fingerprint density at radius 3 is 2.36 bits per heavy atom. The van der Waals surface area contributed by atoms with E-state index in [1.165, 1.54) is 6.08 Å². The molecule has 0 unspecified atom stereocenters. The van der Waals surface area contributed by atoms with Gasteiger partial charge in [0.15, 0.2) is 6.61 Å². The van der Waals surface area contributed by atoms with Crippen LogP contribution in [0, 0.1) is 6.92 Å². The molecule has 0 fully saturated rings. The van der Waals surface area contributed by atoms with Crippen LogP contribution < -0.4 is 15.6 Å². The van der Waals surface area contributed by atoms with Crippen molar-refractivity contribution in [2.24, 2.45) is 0 Å². The topological polar surface area (TPSA) is 67.4 Å². The Morgan fingerprint density at radius 2 is 1.75 bits per heavy atom. The average molecular weight is 445 g/mol. The molecular formula is C22H25BrN2O3. The minimum Gasteiger partial charge on any atom is -0.483 e. The Labute approximate surface area is 174 Å². The Bertz CT molecular complexity index is 868. The first-order chi connectivity index (χ1) is 13.1. The minimum absolute atomic E-state index is 0.0226. The summed E-state index contributed by atoms with van der Waals surface area (Å²) in [6, 6.07) is 13.5. The number of nitrogens with one attached hydrogen (secondary N) is 2. The van der Waals surface area contributed by atoms with E-state index in [-0.39, 0.29) is 12.0 Å². The summed E-state index contributed by atoms with van der Waals surface area (Å²) in [7, 11) is 0. The highest BCUT2D eigenvalue weighted by molar-refractivity contribution is 9.10. The highest BCUT2D eigenvalue weighted by atomic mass is 79.9. The molecule has 0 aliphatic carbocycles. The number of hydrazine groups is 1. The van der Waals surface area contributed by atoms with Crippen molar-refractivity contribution in [3.63, 3.8) is 0 Å². The number of hydrogen-bond acceptors (Lipinski definition) is 3. The van der Waals surface area contributed by atoms with Crippen LogP contribution in [0.1, 0.15) is 37.5 Å². The van der Waals surface area contributed by atoms with Crippen LogP contribution in [0.2, 0.25) is 0 Å². The molecule has 148 valence electrons. The normalized spacial score (nSPS) is 11.3. The largest absolute Gasteiger partial charge is 0.483 e. The first-order valence-electron chi connectivity index (χ1n) is 8.91. The van der Waals surface area contributed by atoms with Crippen molar-refractivity contribution in [3.8, 4) is 5.75 Å². The van der Waals surface area contributed by atoms with Gasteiger partial charge in [-0.25, -0.2) is 0 Å². The summed E-state index contributed by atoms with van der Waals surface area (Å²) in [5.41, 5.74) is 7.88. The van der Waals surface area contributed by atoms with Gasteiger partial charge in [-0.05, 0) is 57.6 Å². The van der Waals surface area contributed by atoms with Crippen LogP contribution in [-0.4, -0.2) is 18.4 Å². The summed E-state index contributed by atoms with van der Waals surface area (Å²) in [5.74, 6) is -0.317. The van der Waals surface area contributed by atoms with E-state index >= 15 is 0 Å². The fourth-order valence-electron chi connectivity index (χ4n) is 2.29.